The lowest BCUT2D eigenvalue weighted by Gasteiger charge is -2.16. The van der Waals surface area contributed by atoms with E-state index in [2.05, 4.69) is 15.4 Å². The monoisotopic (exact) mass is 354 g/mol. The number of anilines is 1. The van der Waals surface area contributed by atoms with Gasteiger partial charge in [-0.15, -0.1) is 0 Å². The molecule has 4 nitrogen and oxygen atoms in total. The van der Waals surface area contributed by atoms with Gasteiger partial charge in [0.15, 0.2) is 0 Å². The molecule has 2 aromatic rings. The van der Waals surface area contributed by atoms with Gasteiger partial charge in [-0.05, 0) is 30.7 Å². The third-order valence-electron chi connectivity index (χ3n) is 3.32. The highest BCUT2D eigenvalue weighted by Gasteiger charge is 2.13. The summed E-state index contributed by atoms with van der Waals surface area (Å²) in [5.74, 6) is -0.459. The number of alkyl halides is 2. The molecule has 1 amide bonds. The second-order valence-electron chi connectivity index (χ2n) is 5.05. The van der Waals surface area contributed by atoms with E-state index in [4.69, 9.17) is 11.6 Å². The molecule has 1 atom stereocenters. The molecule has 0 saturated carbocycles. The lowest BCUT2D eigenvalue weighted by Crippen LogP contribution is -2.30. The SMILES string of the molecule is C[C@@H](NCC(=O)Nc1ccccc1OC(F)F)c1ccccc1Cl. The van der Waals surface area contributed by atoms with E-state index in [9.17, 15) is 13.6 Å². The predicted molar refractivity (Wildman–Crippen MR) is 89.6 cm³/mol. The van der Waals surface area contributed by atoms with Crippen LogP contribution in [-0.2, 0) is 4.79 Å². The average molecular weight is 355 g/mol. The molecule has 128 valence electrons. The Morgan fingerprint density at radius 2 is 1.83 bits per heavy atom. The Kier molecular flexibility index (Phi) is 6.52. The van der Waals surface area contributed by atoms with Crippen LogP contribution in [-0.4, -0.2) is 19.1 Å². The number of carbonyl (C=O) groups excluding carboxylic acids is 1. The highest BCUT2D eigenvalue weighted by Crippen LogP contribution is 2.25. The largest absolute Gasteiger partial charge is 0.433 e. The summed E-state index contributed by atoms with van der Waals surface area (Å²) >= 11 is 6.11. The quantitative estimate of drug-likeness (QED) is 0.782. The van der Waals surface area contributed by atoms with Crippen molar-refractivity contribution in [2.75, 3.05) is 11.9 Å². The second kappa shape index (κ2) is 8.61. The molecular formula is C17H17ClF2N2O2. The van der Waals surface area contributed by atoms with Gasteiger partial charge in [0.2, 0.25) is 5.91 Å². The van der Waals surface area contributed by atoms with Gasteiger partial charge in [-0.25, -0.2) is 0 Å². The number of carbonyl (C=O) groups is 1. The van der Waals surface area contributed by atoms with Crippen LogP contribution in [0.4, 0.5) is 14.5 Å². The zero-order valence-electron chi connectivity index (χ0n) is 12.9. The smallest absolute Gasteiger partial charge is 0.387 e. The summed E-state index contributed by atoms with van der Waals surface area (Å²) in [6.45, 7) is -1.08. The van der Waals surface area contributed by atoms with E-state index in [0.29, 0.717) is 5.02 Å². The van der Waals surface area contributed by atoms with Crippen molar-refractivity contribution < 1.29 is 18.3 Å². The summed E-state index contributed by atoms with van der Waals surface area (Å²) in [5.41, 5.74) is 1.06. The highest BCUT2D eigenvalue weighted by molar-refractivity contribution is 6.31. The molecule has 0 radical (unpaired) electrons. The first-order valence-electron chi connectivity index (χ1n) is 7.29. The first-order valence-corrected chi connectivity index (χ1v) is 7.66. The molecule has 0 aliphatic rings. The third kappa shape index (κ3) is 5.18. The van der Waals surface area contributed by atoms with E-state index in [1.807, 2.05) is 25.1 Å². The Morgan fingerprint density at radius 1 is 1.17 bits per heavy atom. The van der Waals surface area contributed by atoms with Gasteiger partial charge in [0.1, 0.15) is 5.75 Å². The van der Waals surface area contributed by atoms with Crippen LogP contribution >= 0.6 is 11.6 Å². The number of hydrogen-bond acceptors (Lipinski definition) is 3. The lowest BCUT2D eigenvalue weighted by atomic mass is 10.1. The van der Waals surface area contributed by atoms with Crippen molar-refractivity contribution in [1.29, 1.82) is 0 Å². The zero-order valence-corrected chi connectivity index (χ0v) is 13.7. The van der Waals surface area contributed by atoms with Gasteiger partial charge < -0.3 is 15.4 Å². The van der Waals surface area contributed by atoms with Crippen LogP contribution in [0, 0.1) is 0 Å². The number of rotatable bonds is 7. The fourth-order valence-corrected chi connectivity index (χ4v) is 2.44. The standard InChI is InChI=1S/C17H17ClF2N2O2/c1-11(12-6-2-3-7-13(12)18)21-10-16(23)22-14-8-4-5-9-15(14)24-17(19)20/h2-9,11,17,21H,10H2,1H3,(H,22,23)/t11-/m1/s1. The first-order chi connectivity index (χ1) is 11.5. The molecule has 24 heavy (non-hydrogen) atoms. The molecule has 7 heteroatoms. The van der Waals surface area contributed by atoms with Crippen molar-refractivity contribution in [1.82, 2.24) is 5.32 Å². The normalized spacial score (nSPS) is 12.0. The Labute approximate surface area is 143 Å². The van der Waals surface area contributed by atoms with E-state index < -0.39 is 6.61 Å². The summed E-state index contributed by atoms with van der Waals surface area (Å²) in [6.07, 6.45) is 0. The van der Waals surface area contributed by atoms with Crippen LogP contribution in [0.25, 0.3) is 0 Å². The van der Waals surface area contributed by atoms with E-state index in [1.165, 1.54) is 12.1 Å². The summed E-state index contributed by atoms with van der Waals surface area (Å²) in [4.78, 5) is 12.0. The van der Waals surface area contributed by atoms with Gasteiger partial charge in [0.05, 0.1) is 12.2 Å². The molecule has 0 aromatic heterocycles. The van der Waals surface area contributed by atoms with E-state index in [0.717, 1.165) is 5.56 Å². The molecular weight excluding hydrogens is 338 g/mol. The number of para-hydroxylation sites is 2. The number of nitrogens with one attached hydrogen (secondary N) is 2. The Balaban J connectivity index is 1.93. The van der Waals surface area contributed by atoms with Crippen LogP contribution in [0.5, 0.6) is 5.75 Å². The van der Waals surface area contributed by atoms with Crippen LogP contribution in [0.15, 0.2) is 48.5 Å². The predicted octanol–water partition coefficient (Wildman–Crippen LogP) is 4.23. The van der Waals surface area contributed by atoms with Crippen molar-refractivity contribution >= 4 is 23.2 Å². The summed E-state index contributed by atoms with van der Waals surface area (Å²) < 4.78 is 29.1. The van der Waals surface area contributed by atoms with Crippen LogP contribution in [0.1, 0.15) is 18.5 Å². The fraction of sp³-hybridized carbons (Fsp3) is 0.235. The molecule has 2 aromatic carbocycles. The maximum Gasteiger partial charge on any atom is 0.387 e. The molecule has 0 saturated heterocycles. The Bertz CT molecular complexity index is 698. The number of benzene rings is 2. The molecule has 0 heterocycles. The van der Waals surface area contributed by atoms with Gasteiger partial charge in [-0.1, -0.05) is 41.9 Å². The van der Waals surface area contributed by atoms with Crippen molar-refractivity contribution in [2.24, 2.45) is 0 Å². The molecule has 2 N–H and O–H groups in total. The molecule has 0 aliphatic carbocycles. The van der Waals surface area contributed by atoms with E-state index in [-0.39, 0.29) is 29.9 Å². The second-order valence-corrected chi connectivity index (χ2v) is 5.45. The topological polar surface area (TPSA) is 50.4 Å². The van der Waals surface area contributed by atoms with E-state index >= 15 is 0 Å². The van der Waals surface area contributed by atoms with Crippen molar-refractivity contribution in [3.63, 3.8) is 0 Å². The summed E-state index contributed by atoms with van der Waals surface area (Å²) in [7, 11) is 0. The maximum atomic E-state index is 12.4. The van der Waals surface area contributed by atoms with Crippen molar-refractivity contribution in [3.8, 4) is 5.75 Å². The number of halogens is 3. The van der Waals surface area contributed by atoms with Crippen LogP contribution < -0.4 is 15.4 Å². The van der Waals surface area contributed by atoms with Crippen molar-refractivity contribution in [2.45, 2.75) is 19.6 Å². The van der Waals surface area contributed by atoms with Gasteiger partial charge in [-0.3, -0.25) is 4.79 Å². The fourth-order valence-electron chi connectivity index (χ4n) is 2.15. The zero-order chi connectivity index (χ0) is 17.5. The number of hydrogen-bond donors (Lipinski definition) is 2. The molecule has 0 fully saturated rings. The molecule has 0 spiro atoms. The molecule has 0 unspecified atom stereocenters. The molecule has 0 bridgehead atoms. The maximum absolute atomic E-state index is 12.4. The number of amides is 1. The van der Waals surface area contributed by atoms with Gasteiger partial charge >= 0.3 is 6.61 Å². The number of ether oxygens (including phenoxy) is 1. The average Bonchev–Trinajstić information content (AvgIpc) is 2.54. The Morgan fingerprint density at radius 3 is 2.54 bits per heavy atom. The minimum absolute atomic E-state index is 0.00456. The van der Waals surface area contributed by atoms with Gasteiger partial charge in [0, 0.05) is 11.1 Å². The van der Waals surface area contributed by atoms with Gasteiger partial charge in [-0.2, -0.15) is 8.78 Å². The van der Waals surface area contributed by atoms with Crippen molar-refractivity contribution in [3.05, 3.63) is 59.1 Å². The summed E-state index contributed by atoms with van der Waals surface area (Å²) in [5, 5.41) is 6.18. The Hall–Kier alpha value is -2.18. The van der Waals surface area contributed by atoms with Gasteiger partial charge in [0.25, 0.3) is 0 Å². The summed E-state index contributed by atoms with van der Waals surface area (Å²) in [6, 6.07) is 13.2. The van der Waals surface area contributed by atoms with E-state index in [1.54, 1.807) is 18.2 Å². The minimum Gasteiger partial charge on any atom is -0.433 e. The van der Waals surface area contributed by atoms with Crippen LogP contribution in [0.2, 0.25) is 5.02 Å². The third-order valence-corrected chi connectivity index (χ3v) is 3.66. The first kappa shape index (κ1) is 18.2. The lowest BCUT2D eigenvalue weighted by molar-refractivity contribution is -0.115. The highest BCUT2D eigenvalue weighted by atomic mass is 35.5. The molecule has 0 aliphatic heterocycles. The minimum atomic E-state index is -2.96. The van der Waals surface area contributed by atoms with Crippen LogP contribution in [0.3, 0.4) is 0 Å². The molecule has 2 rings (SSSR count).